The Morgan fingerprint density at radius 1 is 0.818 bits per heavy atom. The molecule has 0 spiro atoms. The third-order valence-corrected chi connectivity index (χ3v) is 8.96. The molecule has 0 saturated heterocycles. The minimum absolute atomic E-state index is 0.0616. The van der Waals surface area contributed by atoms with E-state index in [9.17, 15) is 18.0 Å². The van der Waals surface area contributed by atoms with Crippen LogP contribution in [0.1, 0.15) is 30.5 Å². The predicted molar refractivity (Wildman–Crippen MR) is 173 cm³/mol. The molecule has 0 heterocycles. The number of amides is 2. The van der Waals surface area contributed by atoms with Crippen molar-refractivity contribution in [1.29, 1.82) is 0 Å². The molecule has 1 N–H and O–H groups in total. The van der Waals surface area contributed by atoms with Crippen molar-refractivity contribution in [2.45, 2.75) is 50.7 Å². The molecule has 9 heteroatoms. The Hall–Kier alpha value is -4.63. The van der Waals surface area contributed by atoms with Crippen molar-refractivity contribution < 1.29 is 22.7 Å². The lowest BCUT2D eigenvalue weighted by atomic mass is 10.0. The molecule has 1 atom stereocenters. The molecule has 2 amide bonds. The van der Waals surface area contributed by atoms with Crippen molar-refractivity contribution in [2.75, 3.05) is 18.0 Å². The van der Waals surface area contributed by atoms with E-state index in [1.54, 1.807) is 62.6 Å². The maximum atomic E-state index is 14.5. The van der Waals surface area contributed by atoms with Crippen LogP contribution in [0.25, 0.3) is 0 Å². The number of carbonyl (C=O) groups excluding carboxylic acids is 2. The number of benzene rings is 4. The highest BCUT2D eigenvalue weighted by Crippen LogP contribution is 2.28. The summed E-state index contributed by atoms with van der Waals surface area (Å²) < 4.78 is 34.7. The van der Waals surface area contributed by atoms with Crippen LogP contribution in [0.15, 0.2) is 114 Å². The van der Waals surface area contributed by atoms with Gasteiger partial charge in [0.15, 0.2) is 0 Å². The number of hydrogen-bond donors (Lipinski definition) is 1. The van der Waals surface area contributed by atoms with Crippen molar-refractivity contribution in [3.8, 4) is 5.75 Å². The average molecular weight is 614 g/mol. The van der Waals surface area contributed by atoms with Gasteiger partial charge in [0, 0.05) is 19.0 Å². The molecule has 0 aliphatic carbocycles. The summed E-state index contributed by atoms with van der Waals surface area (Å²) in [7, 11) is -2.59. The van der Waals surface area contributed by atoms with Crippen LogP contribution in [0, 0.1) is 6.92 Å². The summed E-state index contributed by atoms with van der Waals surface area (Å²) in [4.78, 5) is 29.8. The number of carbonyl (C=O) groups is 2. The Kier molecular flexibility index (Phi) is 10.8. The quantitative estimate of drug-likeness (QED) is 0.219. The standard InChI is InChI=1S/C35H39N3O5S/c1-26(2)36-35(40)33(23-28-15-7-5-8-16-28)37(24-29-17-13-18-30(22-29)43-4)34(39)25-38(32-21-12-11-14-27(32)3)44(41,42)31-19-9-6-10-20-31/h5-22,26,33H,23-25H2,1-4H3,(H,36,40). The zero-order valence-corrected chi connectivity index (χ0v) is 26.3. The largest absolute Gasteiger partial charge is 0.497 e. The number of nitrogens with zero attached hydrogens (tertiary/aromatic N) is 2. The number of para-hydroxylation sites is 1. The maximum absolute atomic E-state index is 14.5. The Morgan fingerprint density at radius 3 is 2.07 bits per heavy atom. The summed E-state index contributed by atoms with van der Waals surface area (Å²) in [6.07, 6.45) is 0.241. The van der Waals surface area contributed by atoms with Gasteiger partial charge in [0.05, 0.1) is 17.7 Å². The molecular formula is C35H39N3O5S. The van der Waals surface area contributed by atoms with Crippen molar-refractivity contribution in [3.05, 3.63) is 126 Å². The molecule has 0 bridgehead atoms. The van der Waals surface area contributed by atoms with Gasteiger partial charge >= 0.3 is 0 Å². The van der Waals surface area contributed by atoms with E-state index in [1.807, 2.05) is 62.4 Å². The van der Waals surface area contributed by atoms with Crippen LogP contribution in [0.2, 0.25) is 0 Å². The fraction of sp³-hybridized carbons (Fsp3) is 0.257. The van der Waals surface area contributed by atoms with Crippen molar-refractivity contribution >= 4 is 27.5 Å². The number of methoxy groups -OCH3 is 1. The molecule has 0 saturated carbocycles. The number of aryl methyl sites for hydroxylation is 1. The Morgan fingerprint density at radius 2 is 1.43 bits per heavy atom. The van der Waals surface area contributed by atoms with Crippen LogP contribution in [0.4, 0.5) is 5.69 Å². The number of anilines is 1. The topological polar surface area (TPSA) is 96.0 Å². The number of hydrogen-bond acceptors (Lipinski definition) is 5. The monoisotopic (exact) mass is 613 g/mol. The second-order valence-corrected chi connectivity index (χ2v) is 12.7. The van der Waals surface area contributed by atoms with E-state index >= 15 is 0 Å². The molecule has 1 unspecified atom stereocenters. The van der Waals surface area contributed by atoms with Crippen molar-refractivity contribution in [1.82, 2.24) is 10.2 Å². The van der Waals surface area contributed by atoms with Crippen LogP contribution >= 0.6 is 0 Å². The summed E-state index contributed by atoms with van der Waals surface area (Å²) in [5.74, 6) is -0.238. The zero-order valence-electron chi connectivity index (χ0n) is 25.5. The summed E-state index contributed by atoms with van der Waals surface area (Å²) >= 11 is 0. The van der Waals surface area contributed by atoms with Crippen LogP contribution in [0.3, 0.4) is 0 Å². The molecular weight excluding hydrogens is 574 g/mol. The molecule has 4 rings (SSSR count). The lowest BCUT2D eigenvalue weighted by Gasteiger charge is -2.34. The third kappa shape index (κ3) is 8.05. The second kappa shape index (κ2) is 14.7. The van der Waals surface area contributed by atoms with E-state index in [2.05, 4.69) is 5.32 Å². The highest BCUT2D eigenvalue weighted by molar-refractivity contribution is 7.92. The fourth-order valence-corrected chi connectivity index (χ4v) is 6.48. The molecule has 4 aromatic carbocycles. The van der Waals surface area contributed by atoms with Gasteiger partial charge in [0.2, 0.25) is 11.8 Å². The molecule has 44 heavy (non-hydrogen) atoms. The smallest absolute Gasteiger partial charge is 0.264 e. The van der Waals surface area contributed by atoms with Gasteiger partial charge in [-0.3, -0.25) is 13.9 Å². The Balaban J connectivity index is 1.82. The number of nitrogens with one attached hydrogen (secondary N) is 1. The third-order valence-electron chi connectivity index (χ3n) is 7.18. The summed E-state index contributed by atoms with van der Waals surface area (Å²) in [5, 5.41) is 2.97. The first kappa shape index (κ1) is 32.3. The lowest BCUT2D eigenvalue weighted by molar-refractivity contribution is -0.140. The highest BCUT2D eigenvalue weighted by atomic mass is 32.2. The van der Waals surface area contributed by atoms with Crippen molar-refractivity contribution in [2.24, 2.45) is 0 Å². The molecule has 0 aromatic heterocycles. The molecule has 0 radical (unpaired) electrons. The summed E-state index contributed by atoms with van der Waals surface area (Å²) in [5.41, 5.74) is 2.68. The minimum Gasteiger partial charge on any atom is -0.497 e. The van der Waals surface area contributed by atoms with Gasteiger partial charge in [-0.25, -0.2) is 8.42 Å². The number of sulfonamides is 1. The van der Waals surface area contributed by atoms with Gasteiger partial charge in [0.25, 0.3) is 10.0 Å². The van der Waals surface area contributed by atoms with Gasteiger partial charge in [-0.1, -0.05) is 78.9 Å². The lowest BCUT2D eigenvalue weighted by Crippen LogP contribution is -2.54. The van der Waals surface area contributed by atoms with Crippen LogP contribution in [0.5, 0.6) is 5.75 Å². The van der Waals surface area contributed by atoms with Crippen molar-refractivity contribution in [3.63, 3.8) is 0 Å². The number of rotatable bonds is 13. The normalized spacial score (nSPS) is 11.9. The molecule has 230 valence electrons. The van der Waals surface area contributed by atoms with E-state index in [0.717, 1.165) is 15.4 Å². The Labute approximate surface area is 260 Å². The van der Waals surface area contributed by atoms with Gasteiger partial charge in [-0.05, 0) is 67.8 Å². The van der Waals surface area contributed by atoms with Gasteiger partial charge < -0.3 is 15.0 Å². The number of ether oxygens (including phenoxy) is 1. The SMILES string of the molecule is COc1cccc(CN(C(=O)CN(c2ccccc2C)S(=O)(=O)c2ccccc2)C(Cc2ccccc2)C(=O)NC(C)C)c1. The first-order valence-corrected chi connectivity index (χ1v) is 15.9. The minimum atomic E-state index is -4.15. The summed E-state index contributed by atoms with van der Waals surface area (Å²) in [6, 6.07) is 30.7. The fourth-order valence-electron chi connectivity index (χ4n) is 4.98. The Bertz CT molecular complexity index is 1660. The van der Waals surface area contributed by atoms with Gasteiger partial charge in [0.1, 0.15) is 18.3 Å². The van der Waals surface area contributed by atoms with Crippen LogP contribution in [-0.2, 0) is 32.6 Å². The van der Waals surface area contributed by atoms with E-state index in [1.165, 1.54) is 17.0 Å². The van der Waals surface area contributed by atoms with Crippen LogP contribution in [-0.4, -0.2) is 50.9 Å². The summed E-state index contributed by atoms with van der Waals surface area (Å²) in [6.45, 7) is 5.07. The molecule has 0 aliphatic rings. The molecule has 0 fully saturated rings. The van der Waals surface area contributed by atoms with E-state index in [4.69, 9.17) is 4.74 Å². The average Bonchev–Trinajstić information content (AvgIpc) is 3.02. The first-order chi connectivity index (χ1) is 21.1. The van der Waals surface area contributed by atoms with E-state index < -0.39 is 28.5 Å². The zero-order chi connectivity index (χ0) is 31.7. The van der Waals surface area contributed by atoms with Crippen LogP contribution < -0.4 is 14.4 Å². The van der Waals surface area contributed by atoms with Gasteiger partial charge in [-0.2, -0.15) is 0 Å². The molecule has 8 nitrogen and oxygen atoms in total. The van der Waals surface area contributed by atoms with E-state index in [-0.39, 0.29) is 29.8 Å². The highest BCUT2D eigenvalue weighted by Gasteiger charge is 2.35. The molecule has 4 aromatic rings. The maximum Gasteiger partial charge on any atom is 0.264 e. The van der Waals surface area contributed by atoms with E-state index in [0.29, 0.717) is 17.0 Å². The van der Waals surface area contributed by atoms with Gasteiger partial charge in [-0.15, -0.1) is 0 Å². The predicted octanol–water partition coefficient (Wildman–Crippen LogP) is 5.36. The molecule has 0 aliphatic heterocycles. The second-order valence-electron chi connectivity index (χ2n) is 10.9. The first-order valence-electron chi connectivity index (χ1n) is 14.5.